The molecule has 1 amide bonds. The topological polar surface area (TPSA) is 51.7 Å². The monoisotopic (exact) mass is 320 g/mol. The average molecular weight is 320 g/mol. The smallest absolute Gasteiger partial charge is 0.273 e. The van der Waals surface area contributed by atoms with Crippen LogP contribution in [0.2, 0.25) is 0 Å². The Labute approximate surface area is 134 Å². The Morgan fingerprint density at radius 3 is 2.82 bits per heavy atom. The van der Waals surface area contributed by atoms with Crippen molar-refractivity contribution in [3.8, 4) is 16.3 Å². The molecule has 0 saturated heterocycles. The highest BCUT2D eigenvalue weighted by atomic mass is 32.1. The summed E-state index contributed by atoms with van der Waals surface area (Å²) < 4.78 is 10.7. The fraction of sp³-hybridized carbons (Fsp3) is 0.375. The molecule has 0 fully saturated rings. The predicted molar refractivity (Wildman–Crippen MR) is 87.6 cm³/mol. The van der Waals surface area contributed by atoms with Crippen LogP contribution in [-0.2, 0) is 4.74 Å². The molecule has 0 saturated carbocycles. The summed E-state index contributed by atoms with van der Waals surface area (Å²) in [6.45, 7) is 3.59. The number of thiazole rings is 1. The molecule has 0 bridgehead atoms. The van der Waals surface area contributed by atoms with Crippen molar-refractivity contribution in [3.63, 3.8) is 0 Å². The van der Waals surface area contributed by atoms with E-state index >= 15 is 0 Å². The standard InChI is InChI=1S/C16H20N2O3S/c1-4-18(2)16(19)13-11-22-15(17-13)12-7-5-6-8-14(12)21-10-9-20-3/h5-8,11H,4,9-10H2,1-3H3. The largest absolute Gasteiger partial charge is 0.490 e. The number of rotatable bonds is 7. The Bertz CT molecular complexity index is 627. The van der Waals surface area contributed by atoms with Crippen molar-refractivity contribution in [1.29, 1.82) is 0 Å². The highest BCUT2D eigenvalue weighted by Crippen LogP contribution is 2.32. The molecule has 6 heteroatoms. The van der Waals surface area contributed by atoms with Crippen LogP contribution < -0.4 is 4.74 Å². The van der Waals surface area contributed by atoms with Crippen molar-refractivity contribution in [2.75, 3.05) is 33.9 Å². The lowest BCUT2D eigenvalue weighted by Crippen LogP contribution is -2.26. The van der Waals surface area contributed by atoms with Crippen molar-refractivity contribution < 1.29 is 14.3 Å². The number of methoxy groups -OCH3 is 1. The Morgan fingerprint density at radius 2 is 2.09 bits per heavy atom. The molecule has 118 valence electrons. The quantitative estimate of drug-likeness (QED) is 0.736. The van der Waals surface area contributed by atoms with Gasteiger partial charge in [-0.15, -0.1) is 11.3 Å². The van der Waals surface area contributed by atoms with Crippen molar-refractivity contribution in [2.24, 2.45) is 0 Å². The zero-order valence-corrected chi connectivity index (χ0v) is 13.9. The molecule has 2 rings (SSSR count). The number of hydrogen-bond acceptors (Lipinski definition) is 5. The van der Waals surface area contributed by atoms with Gasteiger partial charge in [0, 0.05) is 26.1 Å². The minimum atomic E-state index is -0.0669. The summed E-state index contributed by atoms with van der Waals surface area (Å²) in [5, 5.41) is 2.57. The molecule has 1 aromatic carbocycles. The summed E-state index contributed by atoms with van der Waals surface area (Å²) in [6, 6.07) is 7.68. The Hall–Kier alpha value is -1.92. The molecule has 0 atom stereocenters. The van der Waals surface area contributed by atoms with Crippen LogP contribution in [0.3, 0.4) is 0 Å². The van der Waals surface area contributed by atoms with Crippen molar-refractivity contribution in [3.05, 3.63) is 35.3 Å². The molecular formula is C16H20N2O3S. The van der Waals surface area contributed by atoms with Gasteiger partial charge in [-0.3, -0.25) is 4.79 Å². The second kappa shape index (κ2) is 7.91. The van der Waals surface area contributed by atoms with E-state index < -0.39 is 0 Å². The Morgan fingerprint density at radius 1 is 1.32 bits per heavy atom. The first kappa shape index (κ1) is 16.5. The van der Waals surface area contributed by atoms with Crippen LogP contribution in [0.25, 0.3) is 10.6 Å². The third-order valence-electron chi connectivity index (χ3n) is 3.21. The van der Waals surface area contributed by atoms with Crippen LogP contribution in [0.4, 0.5) is 0 Å². The van der Waals surface area contributed by atoms with E-state index in [4.69, 9.17) is 9.47 Å². The van der Waals surface area contributed by atoms with Crippen molar-refractivity contribution in [2.45, 2.75) is 6.92 Å². The van der Waals surface area contributed by atoms with E-state index in [1.165, 1.54) is 11.3 Å². The summed E-state index contributed by atoms with van der Waals surface area (Å²) in [6.07, 6.45) is 0. The van der Waals surface area contributed by atoms with E-state index in [2.05, 4.69) is 4.98 Å². The minimum absolute atomic E-state index is 0.0669. The number of carbonyl (C=O) groups is 1. The zero-order chi connectivity index (χ0) is 15.9. The van der Waals surface area contributed by atoms with Gasteiger partial charge >= 0.3 is 0 Å². The first-order chi connectivity index (χ1) is 10.7. The minimum Gasteiger partial charge on any atom is -0.490 e. The highest BCUT2D eigenvalue weighted by Gasteiger charge is 2.16. The molecule has 2 aromatic rings. The van der Waals surface area contributed by atoms with Gasteiger partial charge in [0.1, 0.15) is 23.1 Å². The summed E-state index contributed by atoms with van der Waals surface area (Å²) in [4.78, 5) is 18.2. The summed E-state index contributed by atoms with van der Waals surface area (Å²) in [5.74, 6) is 0.680. The van der Waals surface area contributed by atoms with Crippen LogP contribution in [0.5, 0.6) is 5.75 Å². The lowest BCUT2D eigenvalue weighted by atomic mass is 10.2. The molecule has 0 aliphatic carbocycles. The number of carbonyl (C=O) groups excluding carboxylic acids is 1. The third kappa shape index (κ3) is 3.84. The molecule has 5 nitrogen and oxygen atoms in total. The Balaban J connectivity index is 2.22. The van der Waals surface area contributed by atoms with E-state index in [1.807, 2.05) is 31.2 Å². The fourth-order valence-corrected chi connectivity index (χ4v) is 2.66. The van der Waals surface area contributed by atoms with E-state index in [0.29, 0.717) is 25.5 Å². The second-order valence-electron chi connectivity index (χ2n) is 4.69. The summed E-state index contributed by atoms with van der Waals surface area (Å²) in [5.41, 5.74) is 1.36. The van der Waals surface area contributed by atoms with Crippen molar-refractivity contribution >= 4 is 17.2 Å². The van der Waals surface area contributed by atoms with E-state index in [0.717, 1.165) is 16.3 Å². The molecule has 0 aliphatic heterocycles. The first-order valence-corrected chi connectivity index (χ1v) is 7.97. The summed E-state index contributed by atoms with van der Waals surface area (Å²) >= 11 is 1.44. The highest BCUT2D eigenvalue weighted by molar-refractivity contribution is 7.13. The number of para-hydroxylation sites is 1. The molecule has 0 radical (unpaired) electrons. The maximum Gasteiger partial charge on any atom is 0.273 e. The maximum atomic E-state index is 12.1. The lowest BCUT2D eigenvalue weighted by molar-refractivity contribution is 0.0797. The molecular weight excluding hydrogens is 300 g/mol. The van der Waals surface area contributed by atoms with Crippen LogP contribution >= 0.6 is 11.3 Å². The van der Waals surface area contributed by atoms with Crippen LogP contribution in [-0.4, -0.2) is 49.7 Å². The molecule has 1 aromatic heterocycles. The van der Waals surface area contributed by atoms with Gasteiger partial charge in [-0.05, 0) is 19.1 Å². The van der Waals surface area contributed by atoms with Crippen LogP contribution in [0.15, 0.2) is 29.6 Å². The number of hydrogen-bond donors (Lipinski definition) is 0. The van der Waals surface area contributed by atoms with Gasteiger partial charge in [-0.1, -0.05) is 12.1 Å². The number of aromatic nitrogens is 1. The normalized spacial score (nSPS) is 10.5. The maximum absolute atomic E-state index is 12.1. The SMILES string of the molecule is CCN(C)C(=O)c1csc(-c2ccccc2OCCOC)n1. The Kier molecular flexibility index (Phi) is 5.91. The predicted octanol–water partition coefficient (Wildman–Crippen LogP) is 2.93. The van der Waals surface area contributed by atoms with Gasteiger partial charge in [0.15, 0.2) is 0 Å². The van der Waals surface area contributed by atoms with Gasteiger partial charge in [0.2, 0.25) is 0 Å². The van der Waals surface area contributed by atoms with E-state index in [9.17, 15) is 4.79 Å². The van der Waals surface area contributed by atoms with Gasteiger partial charge < -0.3 is 14.4 Å². The molecule has 0 aliphatic rings. The first-order valence-electron chi connectivity index (χ1n) is 7.09. The summed E-state index contributed by atoms with van der Waals surface area (Å²) in [7, 11) is 3.40. The zero-order valence-electron chi connectivity index (χ0n) is 13.0. The second-order valence-corrected chi connectivity index (χ2v) is 5.55. The average Bonchev–Trinajstić information content (AvgIpc) is 3.04. The van der Waals surface area contributed by atoms with Crippen LogP contribution in [0.1, 0.15) is 17.4 Å². The number of benzene rings is 1. The van der Waals surface area contributed by atoms with E-state index in [-0.39, 0.29) is 5.91 Å². The lowest BCUT2D eigenvalue weighted by Gasteiger charge is -2.12. The number of ether oxygens (including phenoxy) is 2. The molecule has 0 N–H and O–H groups in total. The third-order valence-corrected chi connectivity index (χ3v) is 4.08. The molecule has 0 spiro atoms. The van der Waals surface area contributed by atoms with Gasteiger partial charge in [-0.25, -0.2) is 4.98 Å². The fourth-order valence-electron chi connectivity index (χ4n) is 1.84. The van der Waals surface area contributed by atoms with Gasteiger partial charge in [-0.2, -0.15) is 0 Å². The molecule has 22 heavy (non-hydrogen) atoms. The van der Waals surface area contributed by atoms with Gasteiger partial charge in [0.05, 0.1) is 12.2 Å². The molecule has 0 unspecified atom stereocenters. The number of nitrogens with zero attached hydrogens (tertiary/aromatic N) is 2. The molecule has 1 heterocycles. The van der Waals surface area contributed by atoms with Crippen LogP contribution in [0, 0.1) is 0 Å². The van der Waals surface area contributed by atoms with Crippen molar-refractivity contribution in [1.82, 2.24) is 9.88 Å². The van der Waals surface area contributed by atoms with Gasteiger partial charge in [0.25, 0.3) is 5.91 Å². The number of amides is 1. The van der Waals surface area contributed by atoms with E-state index in [1.54, 1.807) is 24.4 Å².